The number of aliphatic hydroxyl groups is 1. The highest BCUT2D eigenvalue weighted by Crippen LogP contribution is 2.60. The van der Waals surface area contributed by atoms with Crippen molar-refractivity contribution in [1.29, 1.82) is 0 Å². The van der Waals surface area contributed by atoms with Gasteiger partial charge in [-0.05, 0) is 31.1 Å². The number of carbonyl (C=O) groups is 1. The van der Waals surface area contributed by atoms with Gasteiger partial charge >= 0.3 is 0 Å². The van der Waals surface area contributed by atoms with Gasteiger partial charge in [-0.15, -0.1) is 0 Å². The molecule has 3 aliphatic rings. The van der Waals surface area contributed by atoms with Gasteiger partial charge in [0.1, 0.15) is 5.78 Å². The third kappa shape index (κ3) is 1.22. The zero-order valence-corrected chi connectivity index (χ0v) is 10.9. The van der Waals surface area contributed by atoms with Gasteiger partial charge in [0.25, 0.3) is 0 Å². The van der Waals surface area contributed by atoms with Crippen molar-refractivity contribution in [3.63, 3.8) is 0 Å². The van der Waals surface area contributed by atoms with E-state index >= 15 is 0 Å². The van der Waals surface area contributed by atoms with Gasteiger partial charge in [0.05, 0.1) is 6.10 Å². The largest absolute Gasteiger partial charge is 0.392 e. The average molecular weight is 234 g/mol. The van der Waals surface area contributed by atoms with Gasteiger partial charge in [-0.25, -0.2) is 0 Å². The van der Waals surface area contributed by atoms with Crippen LogP contribution < -0.4 is 0 Å². The summed E-state index contributed by atoms with van der Waals surface area (Å²) in [6.07, 6.45) is 5.06. The second-order valence-corrected chi connectivity index (χ2v) is 6.53. The van der Waals surface area contributed by atoms with E-state index in [-0.39, 0.29) is 23.2 Å². The number of ketones is 1. The molecule has 0 unspecified atom stereocenters. The first kappa shape index (κ1) is 11.5. The topological polar surface area (TPSA) is 37.3 Å². The van der Waals surface area contributed by atoms with E-state index in [9.17, 15) is 9.90 Å². The first-order valence-electron chi connectivity index (χ1n) is 6.89. The van der Waals surface area contributed by atoms with Crippen LogP contribution in [-0.2, 0) is 4.79 Å². The third-order valence-corrected chi connectivity index (χ3v) is 5.94. The molecule has 0 spiro atoms. The van der Waals surface area contributed by atoms with Gasteiger partial charge in [0, 0.05) is 17.3 Å². The summed E-state index contributed by atoms with van der Waals surface area (Å²) in [7, 11) is 0. The minimum atomic E-state index is -0.414. The quantitative estimate of drug-likeness (QED) is 0.654. The zero-order valence-electron chi connectivity index (χ0n) is 10.9. The molecule has 0 aromatic heterocycles. The summed E-state index contributed by atoms with van der Waals surface area (Å²) in [5.41, 5.74) is 1.47. The van der Waals surface area contributed by atoms with E-state index in [2.05, 4.69) is 26.8 Å². The molecule has 94 valence electrons. The van der Waals surface area contributed by atoms with Crippen molar-refractivity contribution in [2.75, 3.05) is 0 Å². The maximum absolute atomic E-state index is 12.4. The van der Waals surface area contributed by atoms with Crippen LogP contribution in [0.2, 0.25) is 0 Å². The summed E-state index contributed by atoms with van der Waals surface area (Å²) < 4.78 is 0. The lowest BCUT2D eigenvalue weighted by molar-refractivity contribution is -0.131. The molecule has 0 aromatic rings. The Morgan fingerprint density at radius 3 is 2.82 bits per heavy atom. The first-order chi connectivity index (χ1) is 7.98. The molecule has 0 aromatic carbocycles. The van der Waals surface area contributed by atoms with Crippen LogP contribution in [0.1, 0.15) is 40.0 Å². The fraction of sp³-hybridized carbons (Fsp3) is 0.800. The van der Waals surface area contributed by atoms with Crippen molar-refractivity contribution < 1.29 is 9.90 Å². The molecule has 3 aliphatic carbocycles. The maximum atomic E-state index is 12.4. The zero-order chi connectivity index (χ0) is 12.4. The van der Waals surface area contributed by atoms with E-state index in [4.69, 9.17) is 0 Å². The van der Waals surface area contributed by atoms with Crippen LogP contribution in [0, 0.1) is 29.1 Å². The lowest BCUT2D eigenvalue weighted by atomic mass is 9.55. The lowest BCUT2D eigenvalue weighted by Gasteiger charge is -2.48. The molecule has 0 heterocycles. The Morgan fingerprint density at radius 1 is 1.41 bits per heavy atom. The van der Waals surface area contributed by atoms with Crippen LogP contribution in [0.3, 0.4) is 0 Å². The van der Waals surface area contributed by atoms with E-state index in [0.717, 1.165) is 12.8 Å². The van der Waals surface area contributed by atoms with Gasteiger partial charge in [-0.3, -0.25) is 4.79 Å². The van der Waals surface area contributed by atoms with E-state index in [1.165, 1.54) is 12.0 Å². The van der Waals surface area contributed by atoms with E-state index in [1.807, 2.05) is 0 Å². The third-order valence-electron chi connectivity index (χ3n) is 5.94. The molecule has 1 N–H and O–H groups in total. The number of aliphatic hydroxyl groups excluding tert-OH is 1. The Balaban J connectivity index is 2.13. The van der Waals surface area contributed by atoms with E-state index in [0.29, 0.717) is 11.7 Å². The highest BCUT2D eigenvalue weighted by Gasteiger charge is 2.61. The van der Waals surface area contributed by atoms with Crippen LogP contribution in [0.5, 0.6) is 0 Å². The molecule has 0 radical (unpaired) electrons. The van der Waals surface area contributed by atoms with Gasteiger partial charge in [0.2, 0.25) is 0 Å². The van der Waals surface area contributed by atoms with E-state index < -0.39 is 6.10 Å². The standard InChI is InChI=1S/C15H22O2/c1-8-5-4-6-10-7-11-13(16)9(2)12(14(11)17)15(8,10)3/h6,8-9,11-13,16H,4-5,7H2,1-3H3/t8-,9-,11+,12-,13+,15+/m0/s1. The number of Topliss-reactive ketones (excluding diaryl/α,β-unsaturated/α-hetero) is 1. The van der Waals surface area contributed by atoms with Crippen molar-refractivity contribution in [2.45, 2.75) is 46.1 Å². The number of hydrogen-bond acceptors (Lipinski definition) is 2. The number of allylic oxidation sites excluding steroid dienone is 2. The molecule has 0 aliphatic heterocycles. The van der Waals surface area contributed by atoms with Crippen molar-refractivity contribution >= 4 is 5.78 Å². The molecule has 0 amide bonds. The Kier molecular flexibility index (Phi) is 2.32. The predicted octanol–water partition coefficient (Wildman–Crippen LogP) is 2.56. The van der Waals surface area contributed by atoms with Crippen LogP contribution in [0.15, 0.2) is 11.6 Å². The summed E-state index contributed by atoms with van der Waals surface area (Å²) in [6, 6.07) is 0. The molecule has 3 rings (SSSR count). The summed E-state index contributed by atoms with van der Waals surface area (Å²) in [5, 5.41) is 10.2. The SMILES string of the molecule is C[C@@H]1[C@@H](O)[C@H]2CC3=CCC[C@H](C)[C@@]3(C)[C@@H]1C2=O. The van der Waals surface area contributed by atoms with Crippen LogP contribution in [0.4, 0.5) is 0 Å². The van der Waals surface area contributed by atoms with Crippen LogP contribution in [0.25, 0.3) is 0 Å². The Labute approximate surface area is 103 Å². The Hall–Kier alpha value is -0.630. The monoisotopic (exact) mass is 234 g/mol. The van der Waals surface area contributed by atoms with Gasteiger partial charge in [-0.1, -0.05) is 32.4 Å². The average Bonchev–Trinajstić information content (AvgIpc) is 2.43. The number of fused-ring (bicyclic) bond motifs is 4. The van der Waals surface area contributed by atoms with Gasteiger partial charge < -0.3 is 5.11 Å². The van der Waals surface area contributed by atoms with Gasteiger partial charge in [0.15, 0.2) is 0 Å². The highest BCUT2D eigenvalue weighted by atomic mass is 16.3. The summed E-state index contributed by atoms with van der Waals surface area (Å²) in [6.45, 7) is 6.59. The van der Waals surface area contributed by atoms with Crippen LogP contribution >= 0.6 is 0 Å². The molecule has 2 saturated carbocycles. The molecular weight excluding hydrogens is 212 g/mol. The number of carbonyl (C=O) groups excluding carboxylic acids is 1. The second kappa shape index (κ2) is 3.44. The fourth-order valence-electron chi connectivity index (χ4n) is 4.67. The summed E-state index contributed by atoms with van der Waals surface area (Å²) >= 11 is 0. The normalized spacial score (nSPS) is 53.3. The maximum Gasteiger partial charge on any atom is 0.143 e. The molecule has 2 nitrogen and oxygen atoms in total. The van der Waals surface area contributed by atoms with Crippen LogP contribution in [-0.4, -0.2) is 17.0 Å². The Morgan fingerprint density at radius 2 is 2.12 bits per heavy atom. The van der Waals surface area contributed by atoms with Crippen molar-refractivity contribution in [1.82, 2.24) is 0 Å². The molecule has 6 atom stereocenters. The molecule has 2 fully saturated rings. The molecule has 17 heavy (non-hydrogen) atoms. The lowest BCUT2D eigenvalue weighted by Crippen LogP contribution is -2.46. The highest BCUT2D eigenvalue weighted by molar-refractivity contribution is 5.90. The smallest absolute Gasteiger partial charge is 0.143 e. The molecule has 2 heteroatoms. The van der Waals surface area contributed by atoms with Crippen molar-refractivity contribution in [3.05, 3.63) is 11.6 Å². The first-order valence-corrected chi connectivity index (χ1v) is 6.89. The second-order valence-electron chi connectivity index (χ2n) is 6.53. The summed E-state index contributed by atoms with van der Waals surface area (Å²) in [4.78, 5) is 12.4. The molecule has 2 bridgehead atoms. The van der Waals surface area contributed by atoms with Crippen molar-refractivity contribution in [2.24, 2.45) is 29.1 Å². The van der Waals surface area contributed by atoms with E-state index in [1.54, 1.807) is 0 Å². The fourth-order valence-corrected chi connectivity index (χ4v) is 4.67. The molecular formula is C15H22O2. The van der Waals surface area contributed by atoms with Gasteiger partial charge in [-0.2, -0.15) is 0 Å². The Bertz CT molecular complexity index is 398. The minimum absolute atomic E-state index is 0.0166. The minimum Gasteiger partial charge on any atom is -0.392 e. The molecule has 0 saturated heterocycles. The number of hydrogen-bond donors (Lipinski definition) is 1. The van der Waals surface area contributed by atoms with Crippen molar-refractivity contribution in [3.8, 4) is 0 Å². The predicted molar refractivity (Wildman–Crippen MR) is 66.4 cm³/mol. The number of rotatable bonds is 0. The summed E-state index contributed by atoms with van der Waals surface area (Å²) in [5.74, 6) is 0.963.